The molecule has 2 rings (SSSR count). The molecule has 0 aliphatic heterocycles. The van der Waals surface area contributed by atoms with Crippen LogP contribution in [0, 0.1) is 5.82 Å². The second kappa shape index (κ2) is 8.44. The number of hydrazine groups is 1. The van der Waals surface area contributed by atoms with Gasteiger partial charge in [-0.2, -0.15) is 0 Å². The minimum atomic E-state index is -1.01. The number of benzene rings is 2. The third kappa shape index (κ3) is 5.03. The number of ether oxygens (including phenoxy) is 2. The fraction of sp³-hybridized carbons (Fsp3) is 0.118. The van der Waals surface area contributed by atoms with Crippen molar-refractivity contribution in [1.82, 2.24) is 10.9 Å². The Kier molecular flexibility index (Phi) is 6.05. The minimum absolute atomic E-state index is 0.246. The maximum absolute atomic E-state index is 13.7. The molecular formula is C17H15FN2O5. The molecule has 2 N–H and O–H groups in total. The first-order chi connectivity index (χ1) is 12.0. The van der Waals surface area contributed by atoms with Crippen LogP contribution in [0.4, 0.5) is 4.39 Å². The molecule has 0 spiro atoms. The summed E-state index contributed by atoms with van der Waals surface area (Å²) in [6.07, 6.45) is 0. The largest absolute Gasteiger partial charge is 0.497 e. The standard InChI is InChI=1S/C17H15FN2O5/c1-24-12-7-8-13(14(18)9-12)17(23)25-10-15(21)19-20-16(22)11-5-3-2-4-6-11/h2-9H,10H2,1H3,(H,19,21)(H,20,22). The van der Waals surface area contributed by atoms with Gasteiger partial charge in [0.2, 0.25) is 0 Å². The van der Waals surface area contributed by atoms with E-state index in [1.807, 2.05) is 0 Å². The molecule has 0 aliphatic rings. The number of esters is 1. The van der Waals surface area contributed by atoms with Crippen molar-refractivity contribution in [2.75, 3.05) is 13.7 Å². The van der Waals surface area contributed by atoms with E-state index in [0.717, 1.165) is 6.07 Å². The summed E-state index contributed by atoms with van der Waals surface area (Å²) in [6, 6.07) is 11.8. The van der Waals surface area contributed by atoms with Gasteiger partial charge < -0.3 is 9.47 Å². The normalized spacial score (nSPS) is 9.84. The Labute approximate surface area is 142 Å². The molecule has 25 heavy (non-hydrogen) atoms. The van der Waals surface area contributed by atoms with Crippen molar-refractivity contribution in [3.05, 3.63) is 65.5 Å². The number of rotatable bonds is 5. The molecule has 0 aromatic heterocycles. The summed E-state index contributed by atoms with van der Waals surface area (Å²) in [5, 5.41) is 0. The first kappa shape index (κ1) is 17.9. The third-order valence-electron chi connectivity index (χ3n) is 3.08. The minimum Gasteiger partial charge on any atom is -0.497 e. The summed E-state index contributed by atoms with van der Waals surface area (Å²) in [4.78, 5) is 35.1. The lowest BCUT2D eigenvalue weighted by atomic mass is 10.2. The number of hydrogen-bond donors (Lipinski definition) is 2. The third-order valence-corrected chi connectivity index (χ3v) is 3.08. The Morgan fingerprint density at radius 1 is 1.04 bits per heavy atom. The van der Waals surface area contributed by atoms with Gasteiger partial charge in [-0.05, 0) is 24.3 Å². The maximum Gasteiger partial charge on any atom is 0.341 e. The number of methoxy groups -OCH3 is 1. The second-order valence-electron chi connectivity index (χ2n) is 4.79. The molecule has 0 fully saturated rings. The first-order valence-corrected chi connectivity index (χ1v) is 7.16. The Morgan fingerprint density at radius 2 is 1.76 bits per heavy atom. The van der Waals surface area contributed by atoms with Crippen LogP contribution in [0.3, 0.4) is 0 Å². The molecule has 0 unspecified atom stereocenters. The fourth-order valence-corrected chi connectivity index (χ4v) is 1.82. The molecule has 0 atom stereocenters. The lowest BCUT2D eigenvalue weighted by Gasteiger charge is -2.09. The van der Waals surface area contributed by atoms with Crippen molar-refractivity contribution in [2.45, 2.75) is 0 Å². The van der Waals surface area contributed by atoms with Crippen LogP contribution in [0.15, 0.2) is 48.5 Å². The van der Waals surface area contributed by atoms with Crippen LogP contribution in [0.1, 0.15) is 20.7 Å². The fourth-order valence-electron chi connectivity index (χ4n) is 1.82. The van der Waals surface area contributed by atoms with Gasteiger partial charge in [-0.1, -0.05) is 18.2 Å². The SMILES string of the molecule is COc1ccc(C(=O)OCC(=O)NNC(=O)c2ccccc2)c(F)c1. The van der Waals surface area contributed by atoms with Crippen molar-refractivity contribution in [1.29, 1.82) is 0 Å². The Morgan fingerprint density at radius 3 is 2.40 bits per heavy atom. The van der Waals surface area contributed by atoms with Gasteiger partial charge in [0.25, 0.3) is 11.8 Å². The highest BCUT2D eigenvalue weighted by atomic mass is 19.1. The predicted molar refractivity (Wildman–Crippen MR) is 85.3 cm³/mol. The highest BCUT2D eigenvalue weighted by molar-refractivity contribution is 5.96. The van der Waals surface area contributed by atoms with Gasteiger partial charge in [0.1, 0.15) is 11.6 Å². The molecule has 8 heteroatoms. The molecule has 0 aliphatic carbocycles. The molecule has 0 heterocycles. The van der Waals surface area contributed by atoms with E-state index in [1.165, 1.54) is 19.2 Å². The van der Waals surface area contributed by atoms with E-state index in [4.69, 9.17) is 9.47 Å². The van der Waals surface area contributed by atoms with Crippen molar-refractivity contribution in [3.8, 4) is 5.75 Å². The van der Waals surface area contributed by atoms with Crippen LogP contribution in [0.5, 0.6) is 5.75 Å². The molecule has 2 aromatic rings. The van der Waals surface area contributed by atoms with Gasteiger partial charge in [0, 0.05) is 11.6 Å². The number of carbonyl (C=O) groups excluding carboxylic acids is 3. The van der Waals surface area contributed by atoms with E-state index in [2.05, 4.69) is 10.9 Å². The van der Waals surface area contributed by atoms with Crippen LogP contribution in [0.2, 0.25) is 0 Å². The second-order valence-corrected chi connectivity index (χ2v) is 4.79. The van der Waals surface area contributed by atoms with E-state index in [0.29, 0.717) is 5.56 Å². The van der Waals surface area contributed by atoms with Gasteiger partial charge in [-0.25, -0.2) is 9.18 Å². The Balaban J connectivity index is 1.81. The number of amides is 2. The Hall–Kier alpha value is -3.42. The zero-order valence-corrected chi connectivity index (χ0v) is 13.2. The van der Waals surface area contributed by atoms with Crippen LogP contribution in [0.25, 0.3) is 0 Å². The lowest BCUT2D eigenvalue weighted by molar-refractivity contribution is -0.125. The summed E-state index contributed by atoms with van der Waals surface area (Å²) in [5.41, 5.74) is 4.28. The number of halogens is 1. The summed E-state index contributed by atoms with van der Waals surface area (Å²) >= 11 is 0. The van der Waals surface area contributed by atoms with E-state index < -0.39 is 30.2 Å². The zero-order valence-electron chi connectivity index (χ0n) is 13.2. The molecule has 2 aromatic carbocycles. The highest BCUT2D eigenvalue weighted by Gasteiger charge is 2.16. The zero-order chi connectivity index (χ0) is 18.2. The lowest BCUT2D eigenvalue weighted by Crippen LogP contribution is -2.43. The number of nitrogens with one attached hydrogen (secondary N) is 2. The summed E-state index contributed by atoms with van der Waals surface area (Å²) in [6.45, 7) is -0.681. The monoisotopic (exact) mass is 346 g/mol. The molecule has 2 amide bonds. The highest BCUT2D eigenvalue weighted by Crippen LogP contribution is 2.16. The molecule has 0 bridgehead atoms. The molecular weight excluding hydrogens is 331 g/mol. The van der Waals surface area contributed by atoms with Crippen molar-refractivity contribution in [3.63, 3.8) is 0 Å². The van der Waals surface area contributed by atoms with E-state index >= 15 is 0 Å². The molecule has 7 nitrogen and oxygen atoms in total. The topological polar surface area (TPSA) is 93.7 Å². The molecule has 0 saturated heterocycles. The average Bonchev–Trinajstić information content (AvgIpc) is 2.64. The maximum atomic E-state index is 13.7. The van der Waals surface area contributed by atoms with E-state index in [1.54, 1.807) is 30.3 Å². The van der Waals surface area contributed by atoms with E-state index in [-0.39, 0.29) is 11.3 Å². The first-order valence-electron chi connectivity index (χ1n) is 7.16. The molecule has 130 valence electrons. The van der Waals surface area contributed by atoms with Crippen LogP contribution < -0.4 is 15.6 Å². The summed E-state index contributed by atoms with van der Waals surface area (Å²) in [5.74, 6) is -2.89. The smallest absolute Gasteiger partial charge is 0.341 e. The molecule has 0 saturated carbocycles. The van der Waals surface area contributed by atoms with Gasteiger partial charge in [0.15, 0.2) is 6.61 Å². The van der Waals surface area contributed by atoms with Crippen LogP contribution in [-0.4, -0.2) is 31.5 Å². The van der Waals surface area contributed by atoms with Crippen molar-refractivity contribution < 1.29 is 28.2 Å². The van der Waals surface area contributed by atoms with Gasteiger partial charge in [-0.15, -0.1) is 0 Å². The number of hydrogen-bond acceptors (Lipinski definition) is 5. The van der Waals surface area contributed by atoms with Crippen molar-refractivity contribution in [2.24, 2.45) is 0 Å². The molecule has 0 radical (unpaired) electrons. The number of carbonyl (C=O) groups is 3. The van der Waals surface area contributed by atoms with E-state index in [9.17, 15) is 18.8 Å². The Bertz CT molecular complexity index is 780. The van der Waals surface area contributed by atoms with Crippen LogP contribution in [-0.2, 0) is 9.53 Å². The van der Waals surface area contributed by atoms with Crippen molar-refractivity contribution >= 4 is 17.8 Å². The van der Waals surface area contributed by atoms with Gasteiger partial charge in [0.05, 0.1) is 12.7 Å². The average molecular weight is 346 g/mol. The summed E-state index contributed by atoms with van der Waals surface area (Å²) < 4.78 is 23.2. The summed E-state index contributed by atoms with van der Waals surface area (Å²) in [7, 11) is 1.36. The van der Waals surface area contributed by atoms with Gasteiger partial charge in [-0.3, -0.25) is 20.4 Å². The quantitative estimate of drug-likeness (QED) is 0.631. The van der Waals surface area contributed by atoms with Crippen LogP contribution >= 0.6 is 0 Å². The van der Waals surface area contributed by atoms with Gasteiger partial charge >= 0.3 is 5.97 Å². The predicted octanol–water partition coefficient (Wildman–Crippen LogP) is 1.45.